The average molecular weight is 312 g/mol. The Bertz CT molecular complexity index is 651. The number of hydrogen-bond acceptors (Lipinski definition) is 4. The molecule has 0 radical (unpaired) electrons. The third kappa shape index (κ3) is 4.49. The molecule has 0 aromatic heterocycles. The molecule has 114 valence electrons. The number of nitrogens with one attached hydrogen (secondary N) is 1. The summed E-state index contributed by atoms with van der Waals surface area (Å²) in [5, 5.41) is 17.8. The van der Waals surface area contributed by atoms with Crippen molar-refractivity contribution in [3.05, 3.63) is 35.1 Å². The molecule has 1 aliphatic rings. The molecular formula is C14H17FN2O3S. The predicted molar refractivity (Wildman–Crippen MR) is 75.1 cm³/mol. The lowest BCUT2D eigenvalue weighted by Crippen LogP contribution is -2.38. The van der Waals surface area contributed by atoms with Crippen LogP contribution < -0.4 is 4.72 Å². The van der Waals surface area contributed by atoms with E-state index in [0.717, 1.165) is 18.9 Å². The van der Waals surface area contributed by atoms with Gasteiger partial charge in [-0.15, -0.1) is 0 Å². The van der Waals surface area contributed by atoms with Gasteiger partial charge in [-0.1, -0.05) is 0 Å². The molecule has 0 bridgehead atoms. The van der Waals surface area contributed by atoms with Gasteiger partial charge in [0.1, 0.15) is 5.82 Å². The van der Waals surface area contributed by atoms with Crippen LogP contribution in [0.1, 0.15) is 30.4 Å². The second-order valence-electron chi connectivity index (χ2n) is 5.25. The first-order valence-corrected chi connectivity index (χ1v) is 8.40. The first-order valence-electron chi connectivity index (χ1n) is 6.74. The van der Waals surface area contributed by atoms with Crippen molar-refractivity contribution in [3.63, 3.8) is 0 Å². The molecule has 1 unspecified atom stereocenters. The maximum atomic E-state index is 13.7. The first kappa shape index (κ1) is 15.9. The summed E-state index contributed by atoms with van der Waals surface area (Å²) in [6.45, 7) is -0.0953. The van der Waals surface area contributed by atoms with Gasteiger partial charge in [-0.05, 0) is 43.4 Å². The van der Waals surface area contributed by atoms with Crippen LogP contribution in [-0.2, 0) is 15.8 Å². The topological polar surface area (TPSA) is 90.2 Å². The third-order valence-corrected chi connectivity index (χ3v) is 4.84. The van der Waals surface area contributed by atoms with Crippen LogP contribution in [0.5, 0.6) is 0 Å². The number of benzene rings is 1. The number of aliphatic hydroxyl groups is 1. The smallest absolute Gasteiger partial charge is 0.216 e. The van der Waals surface area contributed by atoms with Gasteiger partial charge in [-0.25, -0.2) is 17.5 Å². The molecule has 1 aromatic rings. The van der Waals surface area contributed by atoms with Crippen molar-refractivity contribution in [2.75, 3.05) is 6.61 Å². The van der Waals surface area contributed by atoms with Crippen LogP contribution in [0, 0.1) is 23.1 Å². The standard InChI is InChI=1S/C14H17FN2O3S/c15-13-4-1-10(8-16)7-12(13)9-21(19,20)17-14(5-6-18)11-2-3-11/h1,4,7,11,14,17-18H,2-3,5-6,9H2. The highest BCUT2D eigenvalue weighted by Gasteiger charge is 2.33. The summed E-state index contributed by atoms with van der Waals surface area (Å²) in [5.74, 6) is -0.907. The van der Waals surface area contributed by atoms with E-state index in [2.05, 4.69) is 4.72 Å². The van der Waals surface area contributed by atoms with Gasteiger partial charge in [-0.3, -0.25) is 0 Å². The van der Waals surface area contributed by atoms with Crippen LogP contribution >= 0.6 is 0 Å². The second kappa shape index (κ2) is 6.52. The van der Waals surface area contributed by atoms with E-state index in [-0.39, 0.29) is 29.7 Å². The Labute approximate surface area is 123 Å². The van der Waals surface area contributed by atoms with Gasteiger partial charge < -0.3 is 5.11 Å². The van der Waals surface area contributed by atoms with E-state index in [9.17, 15) is 12.8 Å². The minimum atomic E-state index is -3.72. The van der Waals surface area contributed by atoms with E-state index in [1.807, 2.05) is 6.07 Å². The summed E-state index contributed by atoms with van der Waals surface area (Å²) in [6.07, 6.45) is 2.22. The molecule has 0 aliphatic heterocycles. The van der Waals surface area contributed by atoms with Crippen molar-refractivity contribution in [2.45, 2.75) is 31.1 Å². The number of aliphatic hydroxyl groups excluding tert-OH is 1. The third-order valence-electron chi connectivity index (χ3n) is 3.48. The van der Waals surface area contributed by atoms with E-state index < -0.39 is 21.6 Å². The van der Waals surface area contributed by atoms with Crippen LogP contribution in [0.15, 0.2) is 18.2 Å². The molecule has 1 aromatic carbocycles. The number of rotatable bonds is 7. The van der Waals surface area contributed by atoms with Crippen molar-refractivity contribution >= 4 is 10.0 Å². The molecule has 5 nitrogen and oxygen atoms in total. The molecule has 1 aliphatic carbocycles. The van der Waals surface area contributed by atoms with Gasteiger partial charge in [-0.2, -0.15) is 5.26 Å². The zero-order chi connectivity index (χ0) is 15.5. The van der Waals surface area contributed by atoms with E-state index in [0.29, 0.717) is 6.42 Å². The molecule has 2 N–H and O–H groups in total. The molecule has 1 atom stereocenters. The van der Waals surface area contributed by atoms with E-state index in [1.54, 1.807) is 0 Å². The van der Waals surface area contributed by atoms with Crippen molar-refractivity contribution in [3.8, 4) is 6.07 Å². The molecule has 0 amide bonds. The van der Waals surface area contributed by atoms with Gasteiger partial charge in [0.25, 0.3) is 0 Å². The maximum Gasteiger partial charge on any atom is 0.216 e. The summed E-state index contributed by atoms with van der Waals surface area (Å²) < 4.78 is 40.4. The number of halogens is 1. The SMILES string of the molecule is N#Cc1ccc(F)c(CS(=O)(=O)NC(CCO)C2CC2)c1. The monoisotopic (exact) mass is 312 g/mol. The summed E-state index contributed by atoms with van der Waals surface area (Å²) in [5.41, 5.74) is 0.191. The number of nitriles is 1. The van der Waals surface area contributed by atoms with E-state index in [4.69, 9.17) is 10.4 Å². The maximum absolute atomic E-state index is 13.7. The Kier molecular flexibility index (Phi) is 4.93. The Morgan fingerprint density at radius 3 is 2.76 bits per heavy atom. The van der Waals surface area contributed by atoms with Crippen LogP contribution in [-0.4, -0.2) is 26.2 Å². The Morgan fingerprint density at radius 1 is 1.48 bits per heavy atom. The molecular weight excluding hydrogens is 295 g/mol. The molecule has 1 fully saturated rings. The van der Waals surface area contributed by atoms with E-state index >= 15 is 0 Å². The lowest BCUT2D eigenvalue weighted by atomic mass is 10.1. The molecule has 0 saturated heterocycles. The van der Waals surface area contributed by atoms with Crippen LogP contribution in [0.25, 0.3) is 0 Å². The predicted octanol–water partition coefficient (Wildman–Crippen LogP) is 1.28. The zero-order valence-electron chi connectivity index (χ0n) is 11.4. The van der Waals surface area contributed by atoms with E-state index in [1.165, 1.54) is 12.1 Å². The lowest BCUT2D eigenvalue weighted by molar-refractivity contribution is 0.265. The molecule has 21 heavy (non-hydrogen) atoms. The lowest BCUT2D eigenvalue weighted by Gasteiger charge is -2.17. The number of sulfonamides is 1. The number of nitrogens with zero attached hydrogens (tertiary/aromatic N) is 1. The molecule has 2 rings (SSSR count). The molecule has 1 saturated carbocycles. The van der Waals surface area contributed by atoms with Crippen molar-refractivity contribution in [1.82, 2.24) is 4.72 Å². The first-order chi connectivity index (χ1) is 9.95. The summed E-state index contributed by atoms with van der Waals surface area (Å²) in [4.78, 5) is 0. The normalized spacial score (nSPS) is 16.4. The minimum absolute atomic E-state index is 0.0277. The largest absolute Gasteiger partial charge is 0.396 e. The van der Waals surface area contributed by atoms with Gasteiger partial charge in [0.2, 0.25) is 10.0 Å². The van der Waals surface area contributed by atoms with Crippen molar-refractivity contribution < 1.29 is 17.9 Å². The summed E-state index contributed by atoms with van der Waals surface area (Å²) >= 11 is 0. The van der Waals surface area contributed by atoms with Gasteiger partial charge in [0.15, 0.2) is 0 Å². The van der Waals surface area contributed by atoms with Crippen LogP contribution in [0.2, 0.25) is 0 Å². The zero-order valence-corrected chi connectivity index (χ0v) is 12.2. The highest BCUT2D eigenvalue weighted by atomic mass is 32.2. The fourth-order valence-corrected chi connectivity index (χ4v) is 3.75. The Hall–Kier alpha value is -1.49. The molecule has 0 spiro atoms. The average Bonchev–Trinajstić information content (AvgIpc) is 3.25. The Morgan fingerprint density at radius 2 is 2.19 bits per heavy atom. The Balaban J connectivity index is 2.11. The highest BCUT2D eigenvalue weighted by Crippen LogP contribution is 2.34. The second-order valence-corrected chi connectivity index (χ2v) is 7.01. The quantitative estimate of drug-likeness (QED) is 0.793. The van der Waals surface area contributed by atoms with Gasteiger partial charge in [0.05, 0.1) is 17.4 Å². The fourth-order valence-electron chi connectivity index (χ4n) is 2.26. The van der Waals surface area contributed by atoms with Crippen molar-refractivity contribution in [2.24, 2.45) is 5.92 Å². The fraction of sp³-hybridized carbons (Fsp3) is 0.500. The van der Waals surface area contributed by atoms with Gasteiger partial charge >= 0.3 is 0 Å². The van der Waals surface area contributed by atoms with Crippen LogP contribution in [0.3, 0.4) is 0 Å². The summed E-state index contributed by atoms with van der Waals surface area (Å²) in [6, 6.07) is 5.19. The highest BCUT2D eigenvalue weighted by molar-refractivity contribution is 7.88. The minimum Gasteiger partial charge on any atom is -0.396 e. The summed E-state index contributed by atoms with van der Waals surface area (Å²) in [7, 11) is -3.72. The van der Waals surface area contributed by atoms with Crippen LogP contribution in [0.4, 0.5) is 4.39 Å². The molecule has 0 heterocycles. The molecule has 7 heteroatoms. The van der Waals surface area contributed by atoms with Crippen molar-refractivity contribution in [1.29, 1.82) is 5.26 Å². The number of hydrogen-bond donors (Lipinski definition) is 2. The van der Waals surface area contributed by atoms with Gasteiger partial charge in [0, 0.05) is 18.2 Å².